The molecule has 0 aliphatic rings. The van der Waals surface area contributed by atoms with Crippen LogP contribution in [0, 0.1) is 0 Å². The van der Waals surface area contributed by atoms with Crippen LogP contribution in [0.15, 0.2) is 53.4 Å². The Bertz CT molecular complexity index is 880. The van der Waals surface area contributed by atoms with Crippen molar-refractivity contribution in [1.29, 1.82) is 0 Å². The molecule has 0 radical (unpaired) electrons. The molecule has 6 nitrogen and oxygen atoms in total. The molecule has 27 heavy (non-hydrogen) atoms. The van der Waals surface area contributed by atoms with Gasteiger partial charge in [0.05, 0.1) is 6.61 Å². The first-order chi connectivity index (χ1) is 12.8. The first-order valence-corrected chi connectivity index (χ1v) is 10.2. The molecule has 2 rings (SSSR count). The number of rotatable bonds is 8. The van der Waals surface area contributed by atoms with Crippen molar-refractivity contribution in [2.24, 2.45) is 0 Å². The van der Waals surface area contributed by atoms with E-state index in [1.54, 1.807) is 19.1 Å². The highest BCUT2D eigenvalue weighted by atomic mass is 32.2. The Morgan fingerprint density at radius 3 is 2.41 bits per heavy atom. The molecule has 0 bridgehead atoms. The highest BCUT2D eigenvalue weighted by Crippen LogP contribution is 2.29. The Kier molecular flexibility index (Phi) is 6.98. The molecule has 0 aliphatic heterocycles. The van der Waals surface area contributed by atoms with Crippen LogP contribution in [0.1, 0.15) is 31.7 Å². The molecule has 2 aromatic rings. The van der Waals surface area contributed by atoms with E-state index >= 15 is 0 Å². The molecule has 2 aromatic carbocycles. The van der Waals surface area contributed by atoms with Gasteiger partial charge in [-0.1, -0.05) is 37.3 Å². The minimum atomic E-state index is -3.70. The Hall–Kier alpha value is -2.38. The van der Waals surface area contributed by atoms with E-state index in [1.807, 2.05) is 37.3 Å². The summed E-state index contributed by atoms with van der Waals surface area (Å²) in [5, 5.41) is 2.79. The average Bonchev–Trinajstić information content (AvgIpc) is 2.63. The zero-order valence-corrected chi connectivity index (χ0v) is 16.9. The van der Waals surface area contributed by atoms with E-state index in [-0.39, 0.29) is 22.5 Å². The Morgan fingerprint density at radius 1 is 1.15 bits per heavy atom. The maximum absolute atomic E-state index is 12.6. The van der Waals surface area contributed by atoms with Crippen molar-refractivity contribution >= 4 is 21.6 Å². The van der Waals surface area contributed by atoms with E-state index in [1.165, 1.54) is 20.2 Å². The number of hydrogen-bond donors (Lipinski definition) is 1. The number of carbonyl (C=O) groups excluding carboxylic acids is 1. The second-order valence-electron chi connectivity index (χ2n) is 6.45. The van der Waals surface area contributed by atoms with Gasteiger partial charge in [-0.3, -0.25) is 4.79 Å². The molecular weight excluding hydrogens is 364 g/mol. The standard InChI is InChI=1S/C20H26N2O4S/c1-5-26-18-12-11-17(14-19(18)27(24,25)22(3)4)21-20(23)13-15(2)16-9-7-6-8-10-16/h6-12,14-15H,5,13H2,1-4H3,(H,21,23). The first kappa shape index (κ1) is 20.9. The van der Waals surface area contributed by atoms with Gasteiger partial charge in [0.2, 0.25) is 15.9 Å². The van der Waals surface area contributed by atoms with Crippen molar-refractivity contribution in [3.63, 3.8) is 0 Å². The number of anilines is 1. The third kappa shape index (κ3) is 5.30. The van der Waals surface area contributed by atoms with Crippen molar-refractivity contribution in [1.82, 2.24) is 4.31 Å². The molecule has 0 saturated carbocycles. The minimum absolute atomic E-state index is 0.0308. The quantitative estimate of drug-likeness (QED) is 0.749. The van der Waals surface area contributed by atoms with E-state index in [2.05, 4.69) is 5.32 Å². The molecule has 0 spiro atoms. The Morgan fingerprint density at radius 2 is 1.81 bits per heavy atom. The van der Waals surface area contributed by atoms with Gasteiger partial charge in [-0.15, -0.1) is 0 Å². The Balaban J connectivity index is 2.20. The van der Waals surface area contributed by atoms with Crippen LogP contribution in [0.2, 0.25) is 0 Å². The summed E-state index contributed by atoms with van der Waals surface area (Å²) < 4.78 is 31.7. The zero-order valence-electron chi connectivity index (χ0n) is 16.1. The molecule has 7 heteroatoms. The van der Waals surface area contributed by atoms with Crippen LogP contribution < -0.4 is 10.1 Å². The second kappa shape index (κ2) is 9.01. The van der Waals surface area contributed by atoms with Crippen LogP contribution in [0.4, 0.5) is 5.69 Å². The number of nitrogens with one attached hydrogen (secondary N) is 1. The molecule has 0 aliphatic carbocycles. The smallest absolute Gasteiger partial charge is 0.246 e. The zero-order chi connectivity index (χ0) is 20.0. The van der Waals surface area contributed by atoms with E-state index in [0.29, 0.717) is 18.7 Å². The number of hydrogen-bond acceptors (Lipinski definition) is 4. The molecule has 0 saturated heterocycles. The van der Waals surface area contributed by atoms with Crippen LogP contribution in [0.25, 0.3) is 0 Å². The van der Waals surface area contributed by atoms with Gasteiger partial charge in [-0.25, -0.2) is 12.7 Å². The summed E-state index contributed by atoms with van der Waals surface area (Å²) >= 11 is 0. The van der Waals surface area contributed by atoms with E-state index < -0.39 is 10.0 Å². The number of benzene rings is 2. The van der Waals surface area contributed by atoms with Gasteiger partial charge < -0.3 is 10.1 Å². The van der Waals surface area contributed by atoms with E-state index in [0.717, 1.165) is 9.87 Å². The van der Waals surface area contributed by atoms with Crippen molar-refractivity contribution in [2.45, 2.75) is 31.1 Å². The third-order valence-electron chi connectivity index (χ3n) is 4.15. The fraction of sp³-hybridized carbons (Fsp3) is 0.350. The number of amides is 1. The Labute approximate surface area is 161 Å². The van der Waals surface area contributed by atoms with Gasteiger partial charge in [-0.05, 0) is 36.6 Å². The highest BCUT2D eigenvalue weighted by Gasteiger charge is 2.23. The van der Waals surface area contributed by atoms with Gasteiger partial charge in [0.1, 0.15) is 10.6 Å². The number of ether oxygens (including phenoxy) is 1. The molecule has 1 unspecified atom stereocenters. The van der Waals surface area contributed by atoms with Crippen molar-refractivity contribution in [3.05, 3.63) is 54.1 Å². The third-order valence-corrected chi connectivity index (χ3v) is 5.98. The summed E-state index contributed by atoms with van der Waals surface area (Å²) in [4.78, 5) is 12.4. The average molecular weight is 391 g/mol. The van der Waals surface area contributed by atoms with Gasteiger partial charge in [0, 0.05) is 26.2 Å². The molecule has 0 fully saturated rings. The van der Waals surface area contributed by atoms with E-state index in [4.69, 9.17) is 4.74 Å². The summed E-state index contributed by atoms with van der Waals surface area (Å²) in [5.41, 5.74) is 1.50. The predicted molar refractivity (Wildman–Crippen MR) is 107 cm³/mol. The van der Waals surface area contributed by atoms with Crippen LogP contribution in [0.3, 0.4) is 0 Å². The summed E-state index contributed by atoms with van der Waals surface area (Å²) in [6.45, 7) is 4.11. The lowest BCUT2D eigenvalue weighted by molar-refractivity contribution is -0.116. The fourth-order valence-electron chi connectivity index (χ4n) is 2.65. The highest BCUT2D eigenvalue weighted by molar-refractivity contribution is 7.89. The monoisotopic (exact) mass is 390 g/mol. The van der Waals surface area contributed by atoms with Crippen LogP contribution in [0.5, 0.6) is 5.75 Å². The van der Waals surface area contributed by atoms with Gasteiger partial charge >= 0.3 is 0 Å². The first-order valence-electron chi connectivity index (χ1n) is 8.80. The lowest BCUT2D eigenvalue weighted by atomic mass is 9.97. The van der Waals surface area contributed by atoms with Gasteiger partial charge in [-0.2, -0.15) is 0 Å². The van der Waals surface area contributed by atoms with Crippen molar-refractivity contribution in [2.75, 3.05) is 26.0 Å². The van der Waals surface area contributed by atoms with Crippen LogP contribution in [-0.2, 0) is 14.8 Å². The van der Waals surface area contributed by atoms with Gasteiger partial charge in [0.25, 0.3) is 0 Å². The van der Waals surface area contributed by atoms with Crippen LogP contribution in [-0.4, -0.2) is 39.3 Å². The summed E-state index contributed by atoms with van der Waals surface area (Å²) in [5.74, 6) is 0.143. The SMILES string of the molecule is CCOc1ccc(NC(=O)CC(C)c2ccccc2)cc1S(=O)(=O)N(C)C. The van der Waals surface area contributed by atoms with Gasteiger partial charge in [0.15, 0.2) is 0 Å². The lowest BCUT2D eigenvalue weighted by Gasteiger charge is -2.17. The summed E-state index contributed by atoms with van der Waals surface area (Å²) in [6.07, 6.45) is 0.299. The van der Waals surface area contributed by atoms with Crippen molar-refractivity contribution < 1.29 is 17.9 Å². The molecular formula is C20H26N2O4S. The molecule has 0 aromatic heterocycles. The van der Waals surface area contributed by atoms with Crippen molar-refractivity contribution in [3.8, 4) is 5.75 Å². The largest absolute Gasteiger partial charge is 0.492 e. The topological polar surface area (TPSA) is 75.7 Å². The number of carbonyl (C=O) groups is 1. The lowest BCUT2D eigenvalue weighted by Crippen LogP contribution is -2.23. The number of sulfonamides is 1. The van der Waals surface area contributed by atoms with E-state index in [9.17, 15) is 13.2 Å². The molecule has 1 amide bonds. The minimum Gasteiger partial charge on any atom is -0.492 e. The second-order valence-corrected chi connectivity index (χ2v) is 8.57. The normalized spacial score (nSPS) is 12.6. The maximum Gasteiger partial charge on any atom is 0.246 e. The molecule has 0 heterocycles. The van der Waals surface area contributed by atoms with Crippen LogP contribution >= 0.6 is 0 Å². The maximum atomic E-state index is 12.6. The molecule has 146 valence electrons. The summed E-state index contributed by atoms with van der Waals surface area (Å²) in [6, 6.07) is 14.4. The molecule has 1 N–H and O–H groups in total. The summed E-state index contributed by atoms with van der Waals surface area (Å²) in [7, 11) is -0.785. The predicted octanol–water partition coefficient (Wildman–Crippen LogP) is 3.47. The molecule has 1 atom stereocenters. The fourth-order valence-corrected chi connectivity index (χ4v) is 3.70. The number of nitrogens with zero attached hydrogens (tertiary/aromatic N) is 1.